The summed E-state index contributed by atoms with van der Waals surface area (Å²) in [4.78, 5) is 37.5. The van der Waals surface area contributed by atoms with Crippen molar-refractivity contribution in [3.63, 3.8) is 0 Å². The highest BCUT2D eigenvalue weighted by molar-refractivity contribution is 5.71. The van der Waals surface area contributed by atoms with Gasteiger partial charge in [0.25, 0.3) is 6.29 Å². The Hall–Kier alpha value is -4.31. The van der Waals surface area contributed by atoms with Crippen LogP contribution < -0.4 is 0 Å². The molecule has 1 N–H and O–H groups in total. The van der Waals surface area contributed by atoms with Crippen molar-refractivity contribution in [3.8, 4) is 0 Å². The van der Waals surface area contributed by atoms with Crippen LogP contribution in [0.5, 0.6) is 0 Å². The topological polar surface area (TPSA) is 108 Å². The number of unbranched alkanes of at least 4 members (excludes halogenated alkanes) is 24. The number of aliphatic carboxylic acids is 1. The van der Waals surface area contributed by atoms with Crippen molar-refractivity contribution in [2.45, 2.75) is 270 Å². The average Bonchev–Trinajstić information content (AvgIpc) is 3.44. The zero-order chi connectivity index (χ0) is 59.1. The molecule has 0 fully saturated rings. The maximum absolute atomic E-state index is 12.9. The predicted molar refractivity (Wildman–Crippen MR) is 345 cm³/mol. The Morgan fingerprint density at radius 1 is 0.370 bits per heavy atom. The van der Waals surface area contributed by atoms with E-state index >= 15 is 0 Å². The maximum Gasteiger partial charge on any atom is 0.361 e. The van der Waals surface area contributed by atoms with Crippen molar-refractivity contribution in [1.29, 1.82) is 0 Å². The first-order valence-electron chi connectivity index (χ1n) is 32.7. The van der Waals surface area contributed by atoms with E-state index in [1.807, 2.05) is 21.1 Å². The van der Waals surface area contributed by atoms with Crippen LogP contribution in [0.25, 0.3) is 0 Å². The summed E-state index contributed by atoms with van der Waals surface area (Å²) in [6, 6.07) is 0. The van der Waals surface area contributed by atoms with Gasteiger partial charge in [-0.1, -0.05) is 264 Å². The second-order valence-electron chi connectivity index (χ2n) is 22.7. The van der Waals surface area contributed by atoms with Gasteiger partial charge in [0.1, 0.15) is 13.2 Å². The molecule has 2 atom stereocenters. The second-order valence-corrected chi connectivity index (χ2v) is 22.7. The van der Waals surface area contributed by atoms with E-state index < -0.39 is 24.3 Å². The fourth-order valence-corrected chi connectivity index (χ4v) is 8.77. The standard InChI is InChI=1S/C72H121NO8/c1-6-8-10-12-14-16-18-20-22-24-26-28-29-30-31-32-33-34-35-36-37-38-39-40-41-43-44-46-48-50-52-54-56-58-60-62-69(74)79-66-68(67-80-72(71(76)77)78-65-64-73(3,4)5)81-70(75)63-61-59-57-55-53-51-49-47-45-42-27-25-23-21-19-17-15-13-11-9-7-2/h8-11,14-17,20-23,26-28,42,47,49,53,55,68,72H,6-7,12-13,18-19,24-25,29-41,43-46,48,50-52,54,56-67H2,1-5H3/p+1/b10-8-,11-9-,16-14-,17-15-,22-20-,23-21-,28-26-,42-27-,49-47-,55-53-. The summed E-state index contributed by atoms with van der Waals surface area (Å²) in [7, 11) is 5.95. The Morgan fingerprint density at radius 2 is 0.667 bits per heavy atom. The molecule has 0 aromatic rings. The highest BCUT2D eigenvalue weighted by Gasteiger charge is 2.25. The lowest BCUT2D eigenvalue weighted by Gasteiger charge is -2.25. The third-order valence-electron chi connectivity index (χ3n) is 13.7. The van der Waals surface area contributed by atoms with Gasteiger partial charge in [-0.05, 0) is 103 Å². The fourth-order valence-electron chi connectivity index (χ4n) is 8.77. The van der Waals surface area contributed by atoms with Crippen molar-refractivity contribution < 1.29 is 42.9 Å². The Kier molecular flexibility index (Phi) is 58.5. The van der Waals surface area contributed by atoms with E-state index in [2.05, 4.69) is 135 Å². The van der Waals surface area contributed by atoms with Crippen LogP contribution in [-0.2, 0) is 33.3 Å². The van der Waals surface area contributed by atoms with Gasteiger partial charge >= 0.3 is 17.9 Å². The first-order valence-corrected chi connectivity index (χ1v) is 32.7. The first-order chi connectivity index (χ1) is 39.6. The van der Waals surface area contributed by atoms with Crippen molar-refractivity contribution >= 4 is 17.9 Å². The normalized spacial score (nSPS) is 13.5. The maximum atomic E-state index is 12.9. The molecule has 462 valence electrons. The predicted octanol–water partition coefficient (Wildman–Crippen LogP) is 20.0. The monoisotopic (exact) mass is 1130 g/mol. The first kappa shape index (κ1) is 76.7. The van der Waals surface area contributed by atoms with Crippen LogP contribution >= 0.6 is 0 Å². The summed E-state index contributed by atoms with van der Waals surface area (Å²) in [5, 5.41) is 9.72. The van der Waals surface area contributed by atoms with Gasteiger partial charge in [0.05, 0.1) is 34.4 Å². The molecule has 0 aromatic carbocycles. The lowest BCUT2D eigenvalue weighted by molar-refractivity contribution is -0.870. The Labute approximate surface area is 497 Å². The van der Waals surface area contributed by atoms with Gasteiger partial charge in [-0.15, -0.1) is 0 Å². The summed E-state index contributed by atoms with van der Waals surface area (Å²) in [5.41, 5.74) is 0. The largest absolute Gasteiger partial charge is 0.477 e. The fraction of sp³-hybridized carbons (Fsp3) is 0.681. The zero-order valence-corrected chi connectivity index (χ0v) is 52.7. The molecule has 0 spiro atoms. The molecule has 0 rings (SSSR count). The molecule has 81 heavy (non-hydrogen) atoms. The van der Waals surface area contributed by atoms with E-state index in [0.717, 1.165) is 96.3 Å². The van der Waals surface area contributed by atoms with E-state index in [1.165, 1.54) is 128 Å². The summed E-state index contributed by atoms with van der Waals surface area (Å²) < 4.78 is 22.9. The number of hydrogen-bond acceptors (Lipinski definition) is 7. The summed E-state index contributed by atoms with van der Waals surface area (Å²) in [5.74, 6) is -2.07. The number of rotatable bonds is 59. The van der Waals surface area contributed by atoms with Gasteiger partial charge in [0.15, 0.2) is 6.10 Å². The number of nitrogens with zero attached hydrogens (tertiary/aromatic N) is 1. The quantitative estimate of drug-likeness (QED) is 0.0211. The number of likely N-dealkylation sites (N-methyl/N-ethyl adjacent to an activating group) is 1. The zero-order valence-electron chi connectivity index (χ0n) is 52.7. The lowest BCUT2D eigenvalue weighted by Crippen LogP contribution is -2.40. The molecule has 0 aliphatic carbocycles. The van der Waals surface area contributed by atoms with Gasteiger partial charge in [-0.2, -0.15) is 0 Å². The van der Waals surface area contributed by atoms with Crippen LogP contribution in [-0.4, -0.2) is 87.4 Å². The van der Waals surface area contributed by atoms with Crippen LogP contribution in [0.3, 0.4) is 0 Å². The van der Waals surface area contributed by atoms with Crippen LogP contribution in [0.4, 0.5) is 0 Å². The summed E-state index contributed by atoms with van der Waals surface area (Å²) in [6.07, 6.45) is 84.6. The molecule has 0 aromatic heterocycles. The van der Waals surface area contributed by atoms with Crippen molar-refractivity contribution in [2.75, 3.05) is 47.5 Å². The van der Waals surface area contributed by atoms with E-state index in [0.29, 0.717) is 17.4 Å². The Balaban J connectivity index is 4.13. The molecule has 0 saturated heterocycles. The van der Waals surface area contributed by atoms with Gasteiger partial charge in [-0.25, -0.2) is 4.79 Å². The number of allylic oxidation sites excluding steroid dienone is 20. The molecule has 0 aliphatic rings. The molecule has 0 radical (unpaired) electrons. The molecule has 0 amide bonds. The number of esters is 2. The number of carboxylic acid groups (broad SMARTS) is 1. The highest BCUT2D eigenvalue weighted by atomic mass is 16.7. The van der Waals surface area contributed by atoms with Gasteiger partial charge < -0.3 is 28.5 Å². The Bertz CT molecular complexity index is 1740. The number of carbonyl (C=O) groups excluding carboxylic acids is 2. The summed E-state index contributed by atoms with van der Waals surface area (Å²) in [6.45, 7) is 4.60. The molecular weight excluding hydrogens is 1010 g/mol. The van der Waals surface area contributed by atoms with E-state index in [1.54, 1.807) is 0 Å². The van der Waals surface area contributed by atoms with Gasteiger partial charge in [0, 0.05) is 12.8 Å². The van der Waals surface area contributed by atoms with Crippen LogP contribution in [0, 0.1) is 0 Å². The van der Waals surface area contributed by atoms with E-state index in [4.69, 9.17) is 18.9 Å². The van der Waals surface area contributed by atoms with Crippen LogP contribution in [0.1, 0.15) is 258 Å². The van der Waals surface area contributed by atoms with Crippen LogP contribution in [0.15, 0.2) is 122 Å². The third kappa shape index (κ3) is 63.1. The molecule has 0 saturated carbocycles. The molecule has 0 heterocycles. The Morgan fingerprint density at radius 3 is 1.01 bits per heavy atom. The number of quaternary nitrogens is 1. The lowest BCUT2D eigenvalue weighted by atomic mass is 10.0. The SMILES string of the molecule is CC/C=C\C/C=C\C/C=C\C/C=C\C/C=C\C/C=C\CCCCC(=O)OC(COC(=O)CCCCCCCCCCCCCCCCCCCCCCCC/C=C\C/C=C\C/C=C\C/C=C\CC)COC(OCC[N+](C)(C)C)C(=O)O. The number of ether oxygens (including phenoxy) is 4. The molecule has 2 unspecified atom stereocenters. The average molecular weight is 1130 g/mol. The van der Waals surface area contributed by atoms with Crippen molar-refractivity contribution in [1.82, 2.24) is 0 Å². The summed E-state index contributed by atoms with van der Waals surface area (Å²) >= 11 is 0. The minimum absolute atomic E-state index is 0.174. The molecular formula is C72H122NO8+. The molecule has 0 bridgehead atoms. The molecule has 9 nitrogen and oxygen atoms in total. The van der Waals surface area contributed by atoms with Gasteiger partial charge in [-0.3, -0.25) is 9.59 Å². The van der Waals surface area contributed by atoms with Crippen molar-refractivity contribution in [2.24, 2.45) is 0 Å². The number of carbonyl (C=O) groups is 3. The van der Waals surface area contributed by atoms with Crippen LogP contribution in [0.2, 0.25) is 0 Å². The smallest absolute Gasteiger partial charge is 0.361 e. The number of carboxylic acids is 1. The van der Waals surface area contributed by atoms with E-state index in [-0.39, 0.29) is 38.6 Å². The minimum Gasteiger partial charge on any atom is -0.477 e. The number of hydrogen-bond donors (Lipinski definition) is 1. The second kappa shape index (κ2) is 61.8. The highest BCUT2D eigenvalue weighted by Crippen LogP contribution is 2.17. The molecule has 9 heteroatoms. The molecule has 0 aliphatic heterocycles. The minimum atomic E-state index is -1.53. The van der Waals surface area contributed by atoms with E-state index in [9.17, 15) is 19.5 Å². The van der Waals surface area contributed by atoms with Crippen molar-refractivity contribution in [3.05, 3.63) is 122 Å². The van der Waals surface area contributed by atoms with Gasteiger partial charge in [0.2, 0.25) is 0 Å². The third-order valence-corrected chi connectivity index (χ3v) is 13.7.